The Kier molecular flexibility index (Phi) is 5.61. The zero-order valence-corrected chi connectivity index (χ0v) is 12.1. The fraction of sp³-hybridized carbons (Fsp3) is 0.846. The summed E-state index contributed by atoms with van der Waals surface area (Å²) in [4.78, 5) is 25.3. The summed E-state index contributed by atoms with van der Waals surface area (Å²) in [6.45, 7) is 1.55. The predicted octanol–water partition coefficient (Wildman–Crippen LogP) is -0.849. The Morgan fingerprint density at radius 3 is 2.62 bits per heavy atom. The van der Waals surface area contributed by atoms with Gasteiger partial charge in [0.25, 0.3) is 0 Å². The summed E-state index contributed by atoms with van der Waals surface area (Å²) in [5.74, 6) is -1.53. The van der Waals surface area contributed by atoms with Crippen molar-refractivity contribution in [2.75, 3.05) is 19.6 Å². The van der Waals surface area contributed by atoms with E-state index in [1.54, 1.807) is 4.90 Å². The standard InChI is InChI=1S/C13H23BN2O5/c17-12(11-4-2-6-15-11)16-7-9(3-1-5-14(20)21)10(8-16)13(18)19/h9-11,15,20-21H,1-8H2,(H,18,19). The molecule has 118 valence electrons. The highest BCUT2D eigenvalue weighted by atomic mass is 16.4. The van der Waals surface area contributed by atoms with Crippen molar-refractivity contribution in [3.05, 3.63) is 0 Å². The molecule has 2 rings (SSSR count). The van der Waals surface area contributed by atoms with Crippen molar-refractivity contribution in [3.8, 4) is 0 Å². The van der Waals surface area contributed by atoms with Crippen molar-refractivity contribution in [2.24, 2.45) is 11.8 Å². The molecule has 0 aromatic carbocycles. The highest BCUT2D eigenvalue weighted by molar-refractivity contribution is 6.40. The summed E-state index contributed by atoms with van der Waals surface area (Å²) in [5.41, 5.74) is 0. The van der Waals surface area contributed by atoms with E-state index in [0.717, 1.165) is 19.4 Å². The highest BCUT2D eigenvalue weighted by Crippen LogP contribution is 2.29. The summed E-state index contributed by atoms with van der Waals surface area (Å²) in [5, 5.41) is 30.2. The van der Waals surface area contributed by atoms with Crippen LogP contribution in [0.4, 0.5) is 0 Å². The van der Waals surface area contributed by atoms with E-state index in [1.165, 1.54) is 0 Å². The average Bonchev–Trinajstić information content (AvgIpc) is 3.07. The normalized spacial score (nSPS) is 28.9. The number of amides is 1. The molecule has 8 heteroatoms. The van der Waals surface area contributed by atoms with E-state index < -0.39 is 19.0 Å². The van der Waals surface area contributed by atoms with Crippen LogP contribution in [0, 0.1) is 11.8 Å². The van der Waals surface area contributed by atoms with Gasteiger partial charge in [0.05, 0.1) is 12.0 Å². The highest BCUT2D eigenvalue weighted by Gasteiger charge is 2.41. The lowest BCUT2D eigenvalue weighted by Gasteiger charge is -2.20. The molecule has 0 saturated carbocycles. The molecule has 21 heavy (non-hydrogen) atoms. The molecule has 0 bridgehead atoms. The Morgan fingerprint density at radius 2 is 2.05 bits per heavy atom. The zero-order valence-electron chi connectivity index (χ0n) is 12.1. The largest absolute Gasteiger partial charge is 0.481 e. The lowest BCUT2D eigenvalue weighted by molar-refractivity contribution is -0.142. The van der Waals surface area contributed by atoms with Crippen LogP contribution < -0.4 is 5.32 Å². The average molecular weight is 298 g/mol. The first-order chi connectivity index (χ1) is 9.99. The Bertz CT molecular complexity index is 387. The summed E-state index contributed by atoms with van der Waals surface area (Å²) in [7, 11) is -1.35. The fourth-order valence-corrected chi connectivity index (χ4v) is 3.30. The van der Waals surface area contributed by atoms with Crippen molar-refractivity contribution in [3.63, 3.8) is 0 Å². The van der Waals surface area contributed by atoms with E-state index in [2.05, 4.69) is 5.32 Å². The van der Waals surface area contributed by atoms with Gasteiger partial charge in [-0.15, -0.1) is 0 Å². The number of carbonyl (C=O) groups is 2. The van der Waals surface area contributed by atoms with Gasteiger partial charge in [0, 0.05) is 13.1 Å². The van der Waals surface area contributed by atoms with Crippen LogP contribution in [0.15, 0.2) is 0 Å². The van der Waals surface area contributed by atoms with Gasteiger partial charge in [-0.2, -0.15) is 0 Å². The minimum Gasteiger partial charge on any atom is -0.481 e. The Morgan fingerprint density at radius 1 is 1.29 bits per heavy atom. The van der Waals surface area contributed by atoms with Crippen LogP contribution in [0.3, 0.4) is 0 Å². The molecule has 2 saturated heterocycles. The number of aliphatic carboxylic acids is 1. The lowest BCUT2D eigenvalue weighted by atomic mass is 9.80. The smallest absolute Gasteiger partial charge is 0.451 e. The predicted molar refractivity (Wildman–Crippen MR) is 76.5 cm³/mol. The van der Waals surface area contributed by atoms with Gasteiger partial charge in [0.15, 0.2) is 0 Å². The summed E-state index contributed by atoms with van der Waals surface area (Å²) < 4.78 is 0. The first-order valence-corrected chi connectivity index (χ1v) is 7.60. The molecule has 2 heterocycles. The molecule has 1 amide bonds. The van der Waals surface area contributed by atoms with Gasteiger partial charge in [-0.3, -0.25) is 9.59 Å². The van der Waals surface area contributed by atoms with E-state index in [0.29, 0.717) is 19.4 Å². The van der Waals surface area contributed by atoms with Gasteiger partial charge in [-0.1, -0.05) is 6.42 Å². The SMILES string of the molecule is O=C(O)C1CN(C(=O)C2CCCN2)CC1CCCB(O)O. The Hall–Kier alpha value is -1.12. The summed E-state index contributed by atoms with van der Waals surface area (Å²) >= 11 is 0. The summed E-state index contributed by atoms with van der Waals surface area (Å²) in [6, 6.07) is -0.169. The van der Waals surface area contributed by atoms with Crippen LogP contribution in [0.5, 0.6) is 0 Å². The zero-order chi connectivity index (χ0) is 15.4. The third-order valence-corrected chi connectivity index (χ3v) is 4.47. The van der Waals surface area contributed by atoms with Crippen LogP contribution in [0.2, 0.25) is 6.32 Å². The molecule has 2 aliphatic heterocycles. The molecular formula is C13H23BN2O5. The molecule has 0 radical (unpaired) electrons. The van der Waals surface area contributed by atoms with Gasteiger partial charge in [-0.05, 0) is 38.0 Å². The molecule has 0 aromatic heterocycles. The number of likely N-dealkylation sites (tertiary alicyclic amines) is 1. The lowest BCUT2D eigenvalue weighted by Crippen LogP contribution is -2.42. The van der Waals surface area contributed by atoms with Gasteiger partial charge in [-0.25, -0.2) is 0 Å². The number of carbonyl (C=O) groups excluding carboxylic acids is 1. The van der Waals surface area contributed by atoms with Crippen LogP contribution >= 0.6 is 0 Å². The second-order valence-corrected chi connectivity index (χ2v) is 6.01. The number of rotatable bonds is 6. The van der Waals surface area contributed by atoms with Gasteiger partial charge < -0.3 is 25.4 Å². The van der Waals surface area contributed by atoms with Crippen molar-refractivity contribution >= 4 is 19.0 Å². The molecule has 4 N–H and O–H groups in total. The molecule has 2 aliphatic rings. The van der Waals surface area contributed by atoms with E-state index in [9.17, 15) is 14.7 Å². The van der Waals surface area contributed by atoms with E-state index in [-0.39, 0.29) is 30.7 Å². The Balaban J connectivity index is 1.90. The third-order valence-electron chi connectivity index (χ3n) is 4.47. The second kappa shape index (κ2) is 7.24. The number of carboxylic acids is 1. The van der Waals surface area contributed by atoms with Gasteiger partial charge in [0.2, 0.25) is 5.91 Å². The molecule has 0 aromatic rings. The molecule has 0 aliphatic carbocycles. The number of hydrogen-bond donors (Lipinski definition) is 4. The van der Waals surface area contributed by atoms with E-state index >= 15 is 0 Å². The summed E-state index contributed by atoms with van der Waals surface area (Å²) in [6.07, 6.45) is 3.17. The van der Waals surface area contributed by atoms with Crippen LogP contribution in [0.1, 0.15) is 25.7 Å². The molecular weight excluding hydrogens is 275 g/mol. The van der Waals surface area contributed by atoms with Crippen molar-refractivity contribution in [1.82, 2.24) is 10.2 Å². The van der Waals surface area contributed by atoms with Crippen LogP contribution in [0.25, 0.3) is 0 Å². The third kappa shape index (κ3) is 4.18. The fourth-order valence-electron chi connectivity index (χ4n) is 3.30. The second-order valence-electron chi connectivity index (χ2n) is 6.01. The van der Waals surface area contributed by atoms with Crippen LogP contribution in [-0.4, -0.2) is 64.7 Å². The van der Waals surface area contributed by atoms with E-state index in [1.807, 2.05) is 0 Å². The topological polar surface area (TPSA) is 110 Å². The number of nitrogens with zero attached hydrogens (tertiary/aromatic N) is 1. The van der Waals surface area contributed by atoms with Crippen molar-refractivity contribution in [2.45, 2.75) is 38.0 Å². The molecule has 2 fully saturated rings. The minimum atomic E-state index is -1.35. The van der Waals surface area contributed by atoms with Crippen LogP contribution in [-0.2, 0) is 9.59 Å². The maximum Gasteiger partial charge on any atom is 0.451 e. The quantitative estimate of drug-likeness (QED) is 0.476. The Labute approximate surface area is 124 Å². The first-order valence-electron chi connectivity index (χ1n) is 7.60. The van der Waals surface area contributed by atoms with Crippen molar-refractivity contribution in [1.29, 1.82) is 0 Å². The molecule has 0 spiro atoms. The van der Waals surface area contributed by atoms with E-state index in [4.69, 9.17) is 10.0 Å². The molecule has 3 atom stereocenters. The first kappa shape index (κ1) is 16.3. The van der Waals surface area contributed by atoms with Crippen molar-refractivity contribution < 1.29 is 24.7 Å². The van der Waals surface area contributed by atoms with Gasteiger partial charge >= 0.3 is 13.1 Å². The molecule has 3 unspecified atom stereocenters. The monoisotopic (exact) mass is 298 g/mol. The molecule has 7 nitrogen and oxygen atoms in total. The van der Waals surface area contributed by atoms with Gasteiger partial charge in [0.1, 0.15) is 0 Å². The number of nitrogens with one attached hydrogen (secondary N) is 1. The maximum absolute atomic E-state index is 12.3. The minimum absolute atomic E-state index is 0.00319. The number of hydrogen-bond acceptors (Lipinski definition) is 5. The maximum atomic E-state index is 12.3. The number of carboxylic acid groups (broad SMARTS) is 1.